The van der Waals surface area contributed by atoms with E-state index in [9.17, 15) is 9.70 Å². The molecule has 2 N–H and O–H groups in total. The smallest absolute Gasteiger partial charge is 0.324 e. The first kappa shape index (κ1) is 12.8. The van der Waals surface area contributed by atoms with Gasteiger partial charge in [-0.25, -0.2) is 5.21 Å². The van der Waals surface area contributed by atoms with Crippen molar-refractivity contribution in [3.05, 3.63) is 22.6 Å². The lowest BCUT2D eigenvalue weighted by Gasteiger charge is -2.08. The molecule has 0 heterocycles. The summed E-state index contributed by atoms with van der Waals surface area (Å²) in [4.78, 5) is 21.1. The monoisotopic (exact) mass is 242 g/mol. The van der Waals surface area contributed by atoms with Crippen molar-refractivity contribution in [2.45, 2.75) is 6.42 Å². The van der Waals surface area contributed by atoms with Crippen LogP contribution < -0.4 is 9.47 Å². The van der Waals surface area contributed by atoms with Crippen molar-refractivity contribution in [3.63, 3.8) is 0 Å². The van der Waals surface area contributed by atoms with E-state index < -0.39 is 17.3 Å². The summed E-state index contributed by atoms with van der Waals surface area (Å²) in [5.74, 6) is -0.610. The van der Waals surface area contributed by atoms with Crippen LogP contribution in [0.15, 0.2) is 12.1 Å². The summed E-state index contributed by atoms with van der Waals surface area (Å²) in [6.45, 7) is 0. The summed E-state index contributed by atoms with van der Waals surface area (Å²) < 4.78 is 9.91. The maximum atomic E-state index is 10.9. The summed E-state index contributed by atoms with van der Waals surface area (Å²) in [5, 5.41) is 17.6. The molecule has 0 radical (unpaired) electrons. The van der Waals surface area contributed by atoms with Gasteiger partial charge >= 0.3 is 11.7 Å². The van der Waals surface area contributed by atoms with Crippen LogP contribution in [-0.2, 0) is 11.2 Å². The Labute approximate surface area is 96.7 Å². The van der Waals surface area contributed by atoms with Gasteiger partial charge in [0.15, 0.2) is 11.5 Å². The Bertz CT molecular complexity index is 456. The Balaban J connectivity index is 3.34. The lowest BCUT2D eigenvalue weighted by Crippen LogP contribution is -2.06. The van der Waals surface area contributed by atoms with Crippen LogP contribution in [0.3, 0.4) is 0 Å². The highest BCUT2D eigenvalue weighted by Gasteiger charge is 2.24. The Kier molecular flexibility index (Phi) is 3.86. The second-order valence-corrected chi connectivity index (χ2v) is 3.18. The van der Waals surface area contributed by atoms with Gasteiger partial charge in [-0.1, -0.05) is 0 Å². The van der Waals surface area contributed by atoms with Crippen LogP contribution >= 0.6 is 0 Å². The third kappa shape index (κ3) is 2.83. The number of methoxy groups -OCH3 is 2. The van der Waals surface area contributed by atoms with Crippen molar-refractivity contribution < 1.29 is 29.5 Å². The van der Waals surface area contributed by atoms with Gasteiger partial charge in [-0.05, 0) is 6.07 Å². The average Bonchev–Trinajstić information content (AvgIpc) is 2.27. The van der Waals surface area contributed by atoms with Crippen molar-refractivity contribution in [1.82, 2.24) is 0 Å². The van der Waals surface area contributed by atoms with E-state index in [0.717, 1.165) is 0 Å². The summed E-state index contributed by atoms with van der Waals surface area (Å²) in [6, 6.07) is 2.55. The molecule has 7 nitrogen and oxygen atoms in total. The maximum Gasteiger partial charge on any atom is 0.324 e. The predicted octanol–water partition coefficient (Wildman–Crippen LogP) is 1.13. The molecule has 0 aliphatic rings. The molecule has 0 spiro atoms. The molecule has 0 aliphatic heterocycles. The van der Waals surface area contributed by atoms with Gasteiger partial charge in [-0.2, -0.15) is 0 Å². The van der Waals surface area contributed by atoms with E-state index in [0.29, 0.717) is 0 Å². The summed E-state index contributed by atoms with van der Waals surface area (Å²) in [7, 11) is 2.75. The molecule has 92 valence electrons. The second-order valence-electron chi connectivity index (χ2n) is 3.18. The van der Waals surface area contributed by atoms with Crippen LogP contribution in [0.5, 0.6) is 11.5 Å². The Morgan fingerprint density at radius 1 is 1.29 bits per heavy atom. The van der Waals surface area contributed by atoms with E-state index in [4.69, 9.17) is 19.8 Å². The molecule has 0 aromatic heterocycles. The van der Waals surface area contributed by atoms with Gasteiger partial charge in [-0.15, -0.1) is 0 Å². The van der Waals surface area contributed by atoms with Crippen molar-refractivity contribution in [2.24, 2.45) is 0 Å². The third-order valence-electron chi connectivity index (χ3n) is 2.13. The molecule has 0 amide bonds. The highest BCUT2D eigenvalue weighted by atomic mass is 16.6. The minimum atomic E-state index is -1.12. The fraction of sp³-hybridized carbons (Fsp3) is 0.300. The standard InChI is InChI=1S/C10H11NO6/c1-16-8-3-6(4-10(12)13)7(11(14)15)5-9(8)17-2/h3,5H,4H2,1-2H3,(H-,12,13,14,15)/p+1. The minimum Gasteiger partial charge on any atom is -0.493 e. The van der Waals surface area contributed by atoms with E-state index in [1.54, 1.807) is 0 Å². The van der Waals surface area contributed by atoms with Crippen molar-refractivity contribution in [1.29, 1.82) is 0 Å². The van der Waals surface area contributed by atoms with Crippen molar-refractivity contribution >= 4 is 11.7 Å². The minimum absolute atomic E-state index is 0.132. The maximum absolute atomic E-state index is 10.9. The average molecular weight is 242 g/mol. The molecule has 0 fully saturated rings. The fourth-order valence-corrected chi connectivity index (χ4v) is 1.39. The van der Waals surface area contributed by atoms with E-state index in [-0.39, 0.29) is 22.7 Å². The summed E-state index contributed by atoms with van der Waals surface area (Å²) in [6.07, 6.45) is -0.408. The van der Waals surface area contributed by atoms with Crippen LogP contribution in [0.4, 0.5) is 5.69 Å². The van der Waals surface area contributed by atoms with Gasteiger partial charge in [-0.3, -0.25) is 4.79 Å². The quantitative estimate of drug-likeness (QED) is 0.751. The zero-order valence-electron chi connectivity index (χ0n) is 9.34. The molecule has 17 heavy (non-hydrogen) atoms. The number of nitrogens with zero attached hydrogens (tertiary/aromatic N) is 1. The Morgan fingerprint density at radius 3 is 2.24 bits per heavy atom. The lowest BCUT2D eigenvalue weighted by atomic mass is 10.1. The number of carbonyl (C=O) groups is 1. The zero-order chi connectivity index (χ0) is 13.0. The normalized spacial score (nSPS) is 9.76. The van der Waals surface area contributed by atoms with Gasteiger partial charge in [0.05, 0.1) is 31.6 Å². The Hall–Kier alpha value is -2.31. The molecule has 0 saturated carbocycles. The lowest BCUT2D eigenvalue weighted by molar-refractivity contribution is -0.730. The number of hydrogen-bond acceptors (Lipinski definition) is 4. The molecule has 1 aromatic rings. The van der Waals surface area contributed by atoms with Crippen LogP contribution in [0.25, 0.3) is 0 Å². The first-order valence-corrected chi connectivity index (χ1v) is 4.62. The number of rotatable bonds is 5. The largest absolute Gasteiger partial charge is 0.493 e. The highest BCUT2D eigenvalue weighted by molar-refractivity contribution is 5.73. The molecule has 7 heteroatoms. The number of carboxylic acid groups (broad SMARTS) is 1. The SMILES string of the molecule is COc1cc(CC(=O)O)c([N+](=O)O)cc1OC. The fourth-order valence-electron chi connectivity index (χ4n) is 1.39. The Morgan fingerprint density at radius 2 is 1.82 bits per heavy atom. The molecule has 0 aliphatic carbocycles. The van der Waals surface area contributed by atoms with Gasteiger partial charge in [0.1, 0.15) is 0 Å². The number of ether oxygens (including phenoxy) is 2. The van der Waals surface area contributed by atoms with E-state index >= 15 is 0 Å². The van der Waals surface area contributed by atoms with E-state index in [1.165, 1.54) is 26.4 Å². The van der Waals surface area contributed by atoms with Crippen molar-refractivity contribution in [2.75, 3.05) is 14.2 Å². The van der Waals surface area contributed by atoms with Gasteiger partial charge in [0.25, 0.3) is 4.92 Å². The molecular formula is C10H12NO6+. The number of carboxylic acids is 1. The molecule has 1 rings (SSSR count). The third-order valence-corrected chi connectivity index (χ3v) is 2.13. The van der Waals surface area contributed by atoms with Gasteiger partial charge in [0, 0.05) is 5.56 Å². The highest BCUT2D eigenvalue weighted by Crippen LogP contribution is 2.34. The van der Waals surface area contributed by atoms with Crippen LogP contribution in [-0.4, -0.2) is 35.4 Å². The molecular weight excluding hydrogens is 230 g/mol. The molecule has 0 atom stereocenters. The molecule has 0 unspecified atom stereocenters. The van der Waals surface area contributed by atoms with Crippen LogP contribution in [0, 0.1) is 4.91 Å². The number of hydrogen-bond donors (Lipinski definition) is 2. The predicted molar refractivity (Wildman–Crippen MR) is 56.0 cm³/mol. The van der Waals surface area contributed by atoms with Crippen LogP contribution in [0.1, 0.15) is 5.56 Å². The first-order chi connectivity index (χ1) is 7.99. The van der Waals surface area contributed by atoms with Gasteiger partial charge in [0.2, 0.25) is 0 Å². The topological polar surface area (TPSA) is 96.1 Å². The molecule has 1 aromatic carbocycles. The van der Waals surface area contributed by atoms with Crippen LogP contribution in [0.2, 0.25) is 0 Å². The summed E-state index contributed by atoms with van der Waals surface area (Å²) in [5.41, 5.74) is -0.0577. The zero-order valence-corrected chi connectivity index (χ0v) is 9.34. The van der Waals surface area contributed by atoms with E-state index in [2.05, 4.69) is 0 Å². The molecule has 0 saturated heterocycles. The van der Waals surface area contributed by atoms with E-state index in [1.807, 2.05) is 0 Å². The number of aliphatic carboxylic acids is 1. The van der Waals surface area contributed by atoms with Gasteiger partial charge < -0.3 is 14.6 Å². The van der Waals surface area contributed by atoms with Crippen molar-refractivity contribution in [3.8, 4) is 11.5 Å². The second kappa shape index (κ2) is 5.15. The molecule has 0 bridgehead atoms. The first-order valence-electron chi connectivity index (χ1n) is 4.62. The summed E-state index contributed by atoms with van der Waals surface area (Å²) >= 11 is 0. The number of benzene rings is 1.